The van der Waals surface area contributed by atoms with E-state index in [0.717, 1.165) is 31.5 Å². The van der Waals surface area contributed by atoms with E-state index in [1.54, 1.807) is 6.07 Å². The van der Waals surface area contributed by atoms with E-state index in [9.17, 15) is 14.4 Å². The van der Waals surface area contributed by atoms with Crippen LogP contribution in [0.3, 0.4) is 0 Å². The average Bonchev–Trinajstić information content (AvgIpc) is 3.60. The highest BCUT2D eigenvalue weighted by molar-refractivity contribution is 6.11. The maximum absolute atomic E-state index is 13.3. The zero-order valence-corrected chi connectivity index (χ0v) is 19.6. The molecule has 1 aliphatic rings. The van der Waals surface area contributed by atoms with Gasteiger partial charge in [0.05, 0.1) is 10.9 Å². The fourth-order valence-corrected chi connectivity index (χ4v) is 3.90. The summed E-state index contributed by atoms with van der Waals surface area (Å²) in [5.41, 5.74) is 2.03. The fourth-order valence-electron chi connectivity index (χ4n) is 3.90. The maximum Gasteiger partial charge on any atom is 0.330 e. The van der Waals surface area contributed by atoms with Crippen molar-refractivity contribution in [2.45, 2.75) is 45.6 Å². The van der Waals surface area contributed by atoms with Crippen LogP contribution in [0.2, 0.25) is 0 Å². The average molecular weight is 450 g/mol. The van der Waals surface area contributed by atoms with Crippen molar-refractivity contribution in [3.8, 4) is 0 Å². The Kier molecular flexibility index (Phi) is 6.47. The van der Waals surface area contributed by atoms with Gasteiger partial charge >= 0.3 is 5.69 Å². The summed E-state index contributed by atoms with van der Waals surface area (Å²) in [4.78, 5) is 47.8. The van der Waals surface area contributed by atoms with Gasteiger partial charge in [-0.3, -0.25) is 19.1 Å². The molecule has 0 spiro atoms. The minimum Gasteiger partial charge on any atom is -0.322 e. The Labute approximate surface area is 192 Å². The first-order valence-electron chi connectivity index (χ1n) is 11.5. The minimum absolute atomic E-state index is 0.153. The van der Waals surface area contributed by atoms with E-state index in [4.69, 9.17) is 0 Å². The maximum atomic E-state index is 13.3. The highest BCUT2D eigenvalue weighted by atomic mass is 16.2. The van der Waals surface area contributed by atoms with Gasteiger partial charge in [0.1, 0.15) is 0 Å². The first kappa shape index (κ1) is 22.9. The third kappa shape index (κ3) is 5.22. The number of hydrogen-bond acceptors (Lipinski definition) is 5. The van der Waals surface area contributed by atoms with E-state index >= 15 is 0 Å². The van der Waals surface area contributed by atoms with Crippen molar-refractivity contribution in [3.05, 3.63) is 68.0 Å². The zero-order valence-electron chi connectivity index (χ0n) is 19.6. The fraction of sp³-hybridized carbons (Fsp3) is 0.440. The Bertz CT molecular complexity index is 1280. The second-order valence-electron chi connectivity index (χ2n) is 9.54. The zero-order chi connectivity index (χ0) is 23.7. The lowest BCUT2D eigenvalue weighted by Crippen LogP contribution is -2.33. The molecule has 0 atom stereocenters. The van der Waals surface area contributed by atoms with Crippen molar-refractivity contribution < 1.29 is 4.79 Å². The number of likely N-dealkylation sites (N-methyl/N-ethyl adjacent to an activating group) is 1. The molecule has 1 saturated carbocycles. The van der Waals surface area contributed by atoms with E-state index in [1.807, 2.05) is 52.2 Å². The summed E-state index contributed by atoms with van der Waals surface area (Å²) < 4.78 is 1.48. The third-order valence-corrected chi connectivity index (χ3v) is 5.82. The number of anilines is 1. The smallest absolute Gasteiger partial charge is 0.322 e. The molecule has 0 bridgehead atoms. The largest absolute Gasteiger partial charge is 0.330 e. The number of nitrogens with one attached hydrogen (secondary N) is 2. The van der Waals surface area contributed by atoms with Crippen LogP contribution in [-0.2, 0) is 13.0 Å². The number of fused-ring (bicyclic) bond motifs is 1. The van der Waals surface area contributed by atoms with E-state index < -0.39 is 11.2 Å². The van der Waals surface area contributed by atoms with Crippen LogP contribution in [0, 0.1) is 5.92 Å². The lowest BCUT2D eigenvalue weighted by molar-refractivity contribution is 0.102. The van der Waals surface area contributed by atoms with Crippen molar-refractivity contribution in [3.63, 3.8) is 0 Å². The van der Waals surface area contributed by atoms with Gasteiger partial charge in [-0.15, -0.1) is 0 Å². The Morgan fingerprint density at radius 3 is 2.52 bits per heavy atom. The van der Waals surface area contributed by atoms with Gasteiger partial charge in [0, 0.05) is 30.4 Å². The predicted octanol–water partition coefficient (Wildman–Crippen LogP) is 2.97. The first-order valence-corrected chi connectivity index (χ1v) is 11.5. The molecule has 33 heavy (non-hydrogen) atoms. The molecule has 174 valence electrons. The molecule has 1 aromatic carbocycles. The molecule has 2 aromatic heterocycles. The van der Waals surface area contributed by atoms with Crippen LogP contribution in [0.1, 0.15) is 54.2 Å². The van der Waals surface area contributed by atoms with Crippen LogP contribution < -0.4 is 16.6 Å². The summed E-state index contributed by atoms with van der Waals surface area (Å²) in [5.74, 6) is 0.0517. The molecule has 4 rings (SSSR count). The molecule has 1 aliphatic carbocycles. The molecule has 8 heteroatoms. The Hall–Kier alpha value is -3.26. The normalized spacial score (nSPS) is 13.8. The standard InChI is InChI=1S/C25H31N5O3/c1-15(2)14-30-22-21(24(32)28-25(30)33)19(13-20(27-22)17-7-8-17)23(31)26-18-9-5-16(6-10-18)11-12-29(3)4/h5-6,9-10,13,15,17H,7-8,11-12,14H2,1-4H3,(H,26,31)(H,28,32,33). The third-order valence-electron chi connectivity index (χ3n) is 5.82. The molecular formula is C25H31N5O3. The Morgan fingerprint density at radius 1 is 1.21 bits per heavy atom. The lowest BCUT2D eigenvalue weighted by atomic mass is 10.1. The Balaban J connectivity index is 1.72. The summed E-state index contributed by atoms with van der Waals surface area (Å²) in [6.45, 7) is 5.33. The van der Waals surface area contributed by atoms with Crippen molar-refractivity contribution in [2.24, 2.45) is 5.92 Å². The van der Waals surface area contributed by atoms with Gasteiger partial charge < -0.3 is 10.2 Å². The number of hydrogen-bond donors (Lipinski definition) is 2. The van der Waals surface area contributed by atoms with Crippen molar-refractivity contribution in [2.75, 3.05) is 26.0 Å². The molecule has 1 fully saturated rings. The van der Waals surface area contributed by atoms with E-state index in [1.165, 1.54) is 10.1 Å². The second kappa shape index (κ2) is 9.31. The van der Waals surface area contributed by atoms with Crippen molar-refractivity contribution in [1.29, 1.82) is 0 Å². The monoisotopic (exact) mass is 449 g/mol. The van der Waals surface area contributed by atoms with Crippen molar-refractivity contribution in [1.82, 2.24) is 19.4 Å². The van der Waals surface area contributed by atoms with Gasteiger partial charge in [-0.1, -0.05) is 26.0 Å². The molecule has 0 unspecified atom stereocenters. The van der Waals surface area contributed by atoms with Gasteiger partial charge in [-0.25, -0.2) is 9.78 Å². The molecule has 3 aromatic rings. The molecule has 2 heterocycles. The molecule has 1 amide bonds. The molecule has 8 nitrogen and oxygen atoms in total. The number of aromatic amines is 1. The molecule has 2 N–H and O–H groups in total. The predicted molar refractivity (Wildman–Crippen MR) is 130 cm³/mol. The lowest BCUT2D eigenvalue weighted by Gasteiger charge is -2.15. The number of nitrogens with zero attached hydrogens (tertiary/aromatic N) is 3. The van der Waals surface area contributed by atoms with Crippen LogP contribution in [0.15, 0.2) is 39.9 Å². The highest BCUT2D eigenvalue weighted by Gasteiger charge is 2.29. The summed E-state index contributed by atoms with van der Waals surface area (Å²) in [6, 6.07) is 9.43. The SMILES string of the molecule is CC(C)Cn1c(=O)[nH]c(=O)c2c(C(=O)Nc3ccc(CCN(C)C)cc3)cc(C3CC3)nc21. The number of carbonyl (C=O) groups is 1. The second-order valence-corrected chi connectivity index (χ2v) is 9.54. The number of rotatable bonds is 8. The summed E-state index contributed by atoms with van der Waals surface area (Å²) in [7, 11) is 4.07. The molecule has 0 radical (unpaired) electrons. The van der Waals surface area contributed by atoms with Gasteiger partial charge in [0.2, 0.25) is 0 Å². The van der Waals surface area contributed by atoms with Crippen LogP contribution in [0.5, 0.6) is 0 Å². The van der Waals surface area contributed by atoms with Gasteiger partial charge in [-0.2, -0.15) is 0 Å². The first-order chi connectivity index (χ1) is 15.7. The van der Waals surface area contributed by atoms with Crippen molar-refractivity contribution >= 4 is 22.6 Å². The summed E-state index contributed by atoms with van der Waals surface area (Å²) >= 11 is 0. The van der Waals surface area contributed by atoms with Crippen LogP contribution in [0.25, 0.3) is 11.0 Å². The van der Waals surface area contributed by atoms with Crippen LogP contribution in [0.4, 0.5) is 5.69 Å². The number of pyridine rings is 1. The van der Waals surface area contributed by atoms with E-state index in [-0.39, 0.29) is 34.3 Å². The molecule has 0 saturated heterocycles. The highest BCUT2D eigenvalue weighted by Crippen LogP contribution is 2.40. The number of amides is 1. The number of aromatic nitrogens is 3. The number of benzene rings is 1. The summed E-state index contributed by atoms with van der Waals surface area (Å²) in [5, 5.41) is 3.07. The van der Waals surface area contributed by atoms with Gasteiger partial charge in [0.15, 0.2) is 5.65 Å². The van der Waals surface area contributed by atoms with E-state index in [2.05, 4.69) is 20.2 Å². The van der Waals surface area contributed by atoms with Crippen LogP contribution >= 0.6 is 0 Å². The topological polar surface area (TPSA) is 100 Å². The van der Waals surface area contributed by atoms with Gasteiger partial charge in [0.25, 0.3) is 11.5 Å². The molecular weight excluding hydrogens is 418 g/mol. The quantitative estimate of drug-likeness (QED) is 0.551. The number of carbonyl (C=O) groups excluding carboxylic acids is 1. The van der Waals surface area contributed by atoms with Gasteiger partial charge in [-0.05, 0) is 63.0 Å². The minimum atomic E-state index is -0.589. The molecule has 0 aliphatic heterocycles. The number of H-pyrrole nitrogens is 1. The van der Waals surface area contributed by atoms with Crippen LogP contribution in [-0.4, -0.2) is 46.0 Å². The Morgan fingerprint density at radius 2 is 1.91 bits per heavy atom. The van der Waals surface area contributed by atoms with E-state index in [0.29, 0.717) is 12.2 Å². The summed E-state index contributed by atoms with van der Waals surface area (Å²) in [6.07, 6.45) is 2.90.